The molecule has 8 heteroatoms. The summed E-state index contributed by atoms with van der Waals surface area (Å²) in [6.45, 7) is 2.50. The van der Waals surface area contributed by atoms with Crippen LogP contribution in [0.4, 0.5) is 5.69 Å². The number of anilines is 1. The molecular weight excluding hydrogens is 442 g/mol. The molecule has 35 heavy (non-hydrogen) atoms. The second kappa shape index (κ2) is 11.0. The van der Waals surface area contributed by atoms with E-state index in [0.717, 1.165) is 23.4 Å². The number of carbonyl (C=O) groups is 2. The topological polar surface area (TPSA) is 86.8 Å². The van der Waals surface area contributed by atoms with Crippen LogP contribution < -0.4 is 15.4 Å². The van der Waals surface area contributed by atoms with Crippen LogP contribution in [0.3, 0.4) is 0 Å². The number of carbonyl (C=O) groups excluding carboxylic acids is 2. The Kier molecular flexibility index (Phi) is 7.62. The highest BCUT2D eigenvalue weighted by Gasteiger charge is 2.29. The molecule has 0 aliphatic carbocycles. The van der Waals surface area contributed by atoms with Gasteiger partial charge in [-0.2, -0.15) is 0 Å². The van der Waals surface area contributed by atoms with E-state index < -0.39 is 0 Å². The second-order valence-electron chi connectivity index (χ2n) is 8.58. The zero-order valence-electron chi connectivity index (χ0n) is 20.3. The summed E-state index contributed by atoms with van der Waals surface area (Å²) >= 11 is 0. The van der Waals surface area contributed by atoms with Gasteiger partial charge in [0.05, 0.1) is 18.8 Å². The third kappa shape index (κ3) is 5.60. The third-order valence-corrected chi connectivity index (χ3v) is 6.37. The molecule has 1 atom stereocenters. The number of benzene rings is 2. The smallest absolute Gasteiger partial charge is 0.254 e. The van der Waals surface area contributed by atoms with Crippen LogP contribution in [0.25, 0.3) is 0 Å². The van der Waals surface area contributed by atoms with Crippen molar-refractivity contribution in [2.75, 3.05) is 46.2 Å². The molecule has 2 heterocycles. The first-order valence-corrected chi connectivity index (χ1v) is 11.6. The zero-order chi connectivity index (χ0) is 24.8. The monoisotopic (exact) mass is 473 g/mol. The number of hydrogen-bond acceptors (Lipinski definition) is 6. The largest absolute Gasteiger partial charge is 0.495 e. The fourth-order valence-corrected chi connectivity index (χ4v) is 4.31. The number of amides is 2. The number of nitrogens with zero attached hydrogens (tertiary/aromatic N) is 3. The lowest BCUT2D eigenvalue weighted by molar-refractivity contribution is 0.0545. The van der Waals surface area contributed by atoms with Crippen molar-refractivity contribution >= 4 is 17.5 Å². The minimum absolute atomic E-state index is 0.000148. The van der Waals surface area contributed by atoms with Gasteiger partial charge in [0, 0.05) is 56.7 Å². The lowest BCUT2D eigenvalue weighted by Crippen LogP contribution is -2.49. The number of rotatable bonds is 7. The van der Waals surface area contributed by atoms with E-state index in [-0.39, 0.29) is 17.9 Å². The standard InChI is InChI=1S/C27H31N5O3/c1-28-26(33)21-6-4-5-20(15-21)24-18-32(14-13-31(24)2)27(34)22-7-8-25(35-3)23(16-22)30-17-19-9-11-29-12-10-19/h4-12,15-16,24,30H,13-14,17-18H2,1-3H3,(H,28,33)/t24-/m0/s1. The molecular formula is C27H31N5O3. The van der Waals surface area contributed by atoms with Crippen molar-refractivity contribution in [2.24, 2.45) is 0 Å². The van der Waals surface area contributed by atoms with Gasteiger partial charge in [-0.05, 0) is 60.6 Å². The van der Waals surface area contributed by atoms with E-state index in [1.54, 1.807) is 38.7 Å². The average molecular weight is 474 g/mol. The SMILES string of the molecule is CNC(=O)c1cccc([C@@H]2CN(C(=O)c3ccc(OC)c(NCc4ccncc4)c3)CCN2C)c1. The number of pyridine rings is 1. The summed E-state index contributed by atoms with van der Waals surface area (Å²) in [5.74, 6) is 0.529. The maximum Gasteiger partial charge on any atom is 0.254 e. The fraction of sp³-hybridized carbons (Fsp3) is 0.296. The van der Waals surface area contributed by atoms with E-state index in [4.69, 9.17) is 4.74 Å². The van der Waals surface area contributed by atoms with Gasteiger partial charge >= 0.3 is 0 Å². The molecule has 1 fully saturated rings. The normalized spacial score (nSPS) is 16.0. The highest BCUT2D eigenvalue weighted by molar-refractivity contribution is 5.96. The minimum Gasteiger partial charge on any atom is -0.495 e. The van der Waals surface area contributed by atoms with Gasteiger partial charge in [0.25, 0.3) is 11.8 Å². The highest BCUT2D eigenvalue weighted by atomic mass is 16.5. The number of aromatic nitrogens is 1. The maximum absolute atomic E-state index is 13.5. The average Bonchev–Trinajstić information content (AvgIpc) is 2.91. The van der Waals surface area contributed by atoms with Gasteiger partial charge in [0.1, 0.15) is 5.75 Å². The van der Waals surface area contributed by atoms with Crippen LogP contribution in [-0.4, -0.2) is 67.4 Å². The lowest BCUT2D eigenvalue weighted by atomic mass is 9.99. The van der Waals surface area contributed by atoms with Crippen LogP contribution in [-0.2, 0) is 6.54 Å². The van der Waals surface area contributed by atoms with Crippen molar-refractivity contribution in [1.82, 2.24) is 20.1 Å². The Hall–Kier alpha value is -3.91. The van der Waals surface area contributed by atoms with Gasteiger partial charge < -0.3 is 20.3 Å². The van der Waals surface area contributed by atoms with E-state index in [0.29, 0.717) is 36.5 Å². The Balaban J connectivity index is 1.52. The summed E-state index contributed by atoms with van der Waals surface area (Å²) in [5.41, 5.74) is 4.08. The molecule has 3 aromatic rings. The van der Waals surface area contributed by atoms with Gasteiger partial charge in [-0.25, -0.2) is 0 Å². The van der Waals surface area contributed by atoms with E-state index in [2.05, 4.69) is 20.5 Å². The molecule has 0 bridgehead atoms. The Labute approximate surface area is 205 Å². The Bertz CT molecular complexity index is 1180. The summed E-state index contributed by atoms with van der Waals surface area (Å²) in [4.78, 5) is 33.8. The zero-order valence-corrected chi connectivity index (χ0v) is 20.3. The summed E-state index contributed by atoms with van der Waals surface area (Å²) in [5, 5.41) is 6.04. The van der Waals surface area contributed by atoms with Crippen molar-refractivity contribution in [1.29, 1.82) is 0 Å². The molecule has 2 aromatic carbocycles. The fourth-order valence-electron chi connectivity index (χ4n) is 4.31. The number of likely N-dealkylation sites (N-methyl/N-ethyl adjacent to an activating group) is 1. The molecule has 1 aromatic heterocycles. The van der Waals surface area contributed by atoms with Gasteiger partial charge in [-0.15, -0.1) is 0 Å². The first-order valence-electron chi connectivity index (χ1n) is 11.6. The number of hydrogen-bond donors (Lipinski definition) is 2. The molecule has 1 saturated heterocycles. The molecule has 8 nitrogen and oxygen atoms in total. The van der Waals surface area contributed by atoms with Crippen molar-refractivity contribution in [2.45, 2.75) is 12.6 Å². The Morgan fingerprint density at radius 2 is 1.86 bits per heavy atom. The molecule has 0 spiro atoms. The van der Waals surface area contributed by atoms with Crippen molar-refractivity contribution in [3.63, 3.8) is 0 Å². The number of piperazine rings is 1. The predicted octanol–water partition coefficient (Wildman–Crippen LogP) is 3.19. The van der Waals surface area contributed by atoms with Gasteiger partial charge in [0.2, 0.25) is 0 Å². The van der Waals surface area contributed by atoms with E-state index in [1.807, 2.05) is 54.4 Å². The van der Waals surface area contributed by atoms with Crippen molar-refractivity contribution < 1.29 is 14.3 Å². The summed E-state index contributed by atoms with van der Waals surface area (Å²) in [6.07, 6.45) is 3.50. The van der Waals surface area contributed by atoms with Crippen LogP contribution >= 0.6 is 0 Å². The Morgan fingerprint density at radius 1 is 1.06 bits per heavy atom. The predicted molar refractivity (Wildman–Crippen MR) is 136 cm³/mol. The third-order valence-electron chi connectivity index (χ3n) is 6.37. The first kappa shape index (κ1) is 24.2. The van der Waals surface area contributed by atoms with E-state index >= 15 is 0 Å². The van der Waals surface area contributed by atoms with Gasteiger partial charge in [-0.3, -0.25) is 19.5 Å². The number of methoxy groups -OCH3 is 1. The quantitative estimate of drug-likeness (QED) is 0.548. The minimum atomic E-state index is -0.122. The maximum atomic E-state index is 13.5. The van der Waals surface area contributed by atoms with Crippen LogP contribution in [0.15, 0.2) is 67.0 Å². The molecule has 4 rings (SSSR count). The summed E-state index contributed by atoms with van der Waals surface area (Å²) < 4.78 is 5.50. The molecule has 2 N–H and O–H groups in total. The molecule has 0 saturated carbocycles. The van der Waals surface area contributed by atoms with Crippen LogP contribution in [0, 0.1) is 0 Å². The highest BCUT2D eigenvalue weighted by Crippen LogP contribution is 2.29. The molecule has 1 aliphatic heterocycles. The summed E-state index contributed by atoms with van der Waals surface area (Å²) in [6, 6.07) is 17.0. The molecule has 1 aliphatic rings. The molecule has 2 amide bonds. The first-order chi connectivity index (χ1) is 17.0. The van der Waals surface area contributed by atoms with Crippen LogP contribution in [0.1, 0.15) is 37.9 Å². The van der Waals surface area contributed by atoms with Crippen molar-refractivity contribution in [3.05, 3.63) is 89.2 Å². The Morgan fingerprint density at radius 3 is 2.60 bits per heavy atom. The second-order valence-corrected chi connectivity index (χ2v) is 8.58. The van der Waals surface area contributed by atoms with Crippen LogP contribution in [0.5, 0.6) is 5.75 Å². The molecule has 0 unspecified atom stereocenters. The van der Waals surface area contributed by atoms with Crippen LogP contribution in [0.2, 0.25) is 0 Å². The summed E-state index contributed by atoms with van der Waals surface area (Å²) in [7, 11) is 5.29. The lowest BCUT2D eigenvalue weighted by Gasteiger charge is -2.40. The van der Waals surface area contributed by atoms with E-state index in [1.165, 1.54) is 0 Å². The van der Waals surface area contributed by atoms with Gasteiger partial charge in [0.15, 0.2) is 0 Å². The molecule has 182 valence electrons. The van der Waals surface area contributed by atoms with Crippen molar-refractivity contribution in [3.8, 4) is 5.75 Å². The molecule has 0 radical (unpaired) electrons. The van der Waals surface area contributed by atoms with E-state index in [9.17, 15) is 9.59 Å². The number of nitrogens with one attached hydrogen (secondary N) is 2. The van der Waals surface area contributed by atoms with Gasteiger partial charge in [-0.1, -0.05) is 12.1 Å². The number of ether oxygens (including phenoxy) is 1.